The predicted octanol–water partition coefficient (Wildman–Crippen LogP) is 7.34. The van der Waals surface area contributed by atoms with Gasteiger partial charge in [-0.15, -0.1) is 0 Å². The van der Waals surface area contributed by atoms with Crippen LogP contribution in [0.2, 0.25) is 0 Å². The zero-order chi connectivity index (χ0) is 16.2. The van der Waals surface area contributed by atoms with E-state index in [1.807, 2.05) is 0 Å². The van der Waals surface area contributed by atoms with E-state index in [-0.39, 0.29) is 2.85 Å². The molecule has 23 heavy (non-hydrogen) atoms. The summed E-state index contributed by atoms with van der Waals surface area (Å²) in [5.74, 6) is 1.76. The van der Waals surface area contributed by atoms with Crippen molar-refractivity contribution in [1.82, 2.24) is 0 Å². The molecular weight excluding hydrogens is 290 g/mol. The van der Waals surface area contributed by atoms with Gasteiger partial charge in [0.25, 0.3) is 0 Å². The zero-order valence-electron chi connectivity index (χ0n) is 14.4. The largest absolute Gasteiger partial charge is 0.204 e. The van der Waals surface area contributed by atoms with Gasteiger partial charge in [-0.3, -0.25) is 0 Å². The van der Waals surface area contributed by atoms with Gasteiger partial charge in [-0.2, -0.15) is 0 Å². The SMILES string of the molecule is CC1CCC(CCC2CCC(c3ccc(F)c(F)c3)CC2)CC1.[HH].[HH]. The van der Waals surface area contributed by atoms with Crippen LogP contribution < -0.4 is 0 Å². The molecule has 2 heteroatoms. The number of rotatable bonds is 4. The zero-order valence-corrected chi connectivity index (χ0v) is 14.4. The summed E-state index contributed by atoms with van der Waals surface area (Å²) in [7, 11) is 0. The maximum Gasteiger partial charge on any atom is 0.159 e. The summed E-state index contributed by atoms with van der Waals surface area (Å²) in [6.45, 7) is 2.38. The molecule has 0 nitrogen and oxygen atoms in total. The van der Waals surface area contributed by atoms with Crippen molar-refractivity contribution in [3.05, 3.63) is 35.4 Å². The van der Waals surface area contributed by atoms with E-state index in [1.54, 1.807) is 6.07 Å². The molecular formula is C21H34F2. The first kappa shape index (κ1) is 16.9. The van der Waals surface area contributed by atoms with Crippen LogP contribution in [-0.2, 0) is 0 Å². The van der Waals surface area contributed by atoms with E-state index in [1.165, 1.54) is 63.5 Å². The molecule has 0 spiro atoms. The molecule has 0 bridgehead atoms. The standard InChI is InChI=1S/C21H30F2.2H2/c1-15-2-4-16(5-3-15)6-7-17-8-10-18(11-9-17)19-12-13-20(22)21(23)14-19;;/h12-18H,2-11H2,1H3;2*1H. The van der Waals surface area contributed by atoms with Gasteiger partial charge in [-0.25, -0.2) is 8.78 Å². The van der Waals surface area contributed by atoms with E-state index in [2.05, 4.69) is 6.92 Å². The predicted molar refractivity (Wildman–Crippen MR) is 95.6 cm³/mol. The Morgan fingerprint density at radius 1 is 0.826 bits per heavy atom. The number of hydrogen-bond acceptors (Lipinski definition) is 0. The first-order chi connectivity index (χ1) is 11.1. The minimum atomic E-state index is -0.732. The molecule has 2 aliphatic rings. The summed E-state index contributed by atoms with van der Waals surface area (Å²) < 4.78 is 26.4. The van der Waals surface area contributed by atoms with Gasteiger partial charge in [-0.05, 0) is 67.1 Å². The molecule has 0 amide bonds. The fourth-order valence-corrected chi connectivity index (χ4v) is 4.64. The van der Waals surface area contributed by atoms with Crippen molar-refractivity contribution in [2.75, 3.05) is 0 Å². The van der Waals surface area contributed by atoms with Crippen LogP contribution in [-0.4, -0.2) is 0 Å². The highest BCUT2D eigenvalue weighted by molar-refractivity contribution is 5.22. The van der Waals surface area contributed by atoms with E-state index in [0.717, 1.165) is 36.2 Å². The highest BCUT2D eigenvalue weighted by atomic mass is 19.2. The summed E-state index contributed by atoms with van der Waals surface area (Å²) in [6.07, 6.45) is 13.3. The van der Waals surface area contributed by atoms with Crippen molar-refractivity contribution in [3.8, 4) is 0 Å². The van der Waals surface area contributed by atoms with Gasteiger partial charge in [-0.1, -0.05) is 51.5 Å². The Bertz CT molecular complexity index is 505. The Morgan fingerprint density at radius 2 is 1.39 bits per heavy atom. The second kappa shape index (κ2) is 7.77. The fourth-order valence-electron chi connectivity index (χ4n) is 4.64. The lowest BCUT2D eigenvalue weighted by atomic mass is 9.74. The summed E-state index contributed by atoms with van der Waals surface area (Å²) in [6, 6.07) is 4.46. The summed E-state index contributed by atoms with van der Waals surface area (Å²) >= 11 is 0. The second-order valence-corrected chi connectivity index (χ2v) is 8.09. The molecule has 2 aliphatic carbocycles. The minimum Gasteiger partial charge on any atom is -0.204 e. The molecule has 0 saturated heterocycles. The van der Waals surface area contributed by atoms with Gasteiger partial charge in [0, 0.05) is 2.85 Å². The molecule has 3 rings (SSSR count). The summed E-state index contributed by atoms with van der Waals surface area (Å²) in [5.41, 5.74) is 0.989. The van der Waals surface area contributed by atoms with Gasteiger partial charge in [0.2, 0.25) is 0 Å². The van der Waals surface area contributed by atoms with Gasteiger partial charge < -0.3 is 0 Å². The highest BCUT2D eigenvalue weighted by Gasteiger charge is 2.25. The minimum absolute atomic E-state index is 0. The van der Waals surface area contributed by atoms with Crippen molar-refractivity contribution in [1.29, 1.82) is 0 Å². The van der Waals surface area contributed by atoms with Crippen LogP contribution in [0, 0.1) is 29.4 Å². The first-order valence-corrected chi connectivity index (χ1v) is 9.56. The highest BCUT2D eigenvalue weighted by Crippen LogP contribution is 2.39. The van der Waals surface area contributed by atoms with Crippen molar-refractivity contribution < 1.29 is 11.6 Å². The van der Waals surface area contributed by atoms with E-state index >= 15 is 0 Å². The van der Waals surface area contributed by atoms with Crippen molar-refractivity contribution >= 4 is 0 Å². The smallest absolute Gasteiger partial charge is 0.159 e. The van der Waals surface area contributed by atoms with Crippen LogP contribution in [0.5, 0.6) is 0 Å². The normalized spacial score (nSPS) is 32.0. The molecule has 0 aliphatic heterocycles. The fraction of sp³-hybridized carbons (Fsp3) is 0.714. The third kappa shape index (κ3) is 4.55. The van der Waals surface area contributed by atoms with Crippen LogP contribution in [0.1, 0.15) is 85.5 Å². The summed E-state index contributed by atoms with van der Waals surface area (Å²) in [5, 5.41) is 0. The molecule has 0 aromatic heterocycles. The Morgan fingerprint density at radius 3 is 1.96 bits per heavy atom. The average molecular weight is 324 g/mol. The van der Waals surface area contributed by atoms with E-state index < -0.39 is 11.6 Å². The number of benzene rings is 1. The lowest BCUT2D eigenvalue weighted by molar-refractivity contribution is 0.237. The Balaban J connectivity index is 0.00000156. The number of hydrogen-bond donors (Lipinski definition) is 0. The molecule has 1 aromatic rings. The Hall–Kier alpha value is -0.920. The van der Waals surface area contributed by atoms with Gasteiger partial charge >= 0.3 is 0 Å². The molecule has 0 unspecified atom stereocenters. The third-order valence-electron chi connectivity index (χ3n) is 6.38. The van der Waals surface area contributed by atoms with Crippen molar-refractivity contribution in [2.24, 2.45) is 17.8 Å². The molecule has 2 saturated carbocycles. The lowest BCUT2D eigenvalue weighted by Crippen LogP contribution is -2.17. The second-order valence-electron chi connectivity index (χ2n) is 8.09. The molecule has 1 aromatic carbocycles. The van der Waals surface area contributed by atoms with Crippen LogP contribution in [0.3, 0.4) is 0 Å². The van der Waals surface area contributed by atoms with Gasteiger partial charge in [0.1, 0.15) is 0 Å². The Labute approximate surface area is 142 Å². The monoisotopic (exact) mass is 324 g/mol. The molecule has 0 atom stereocenters. The topological polar surface area (TPSA) is 0 Å². The molecule has 0 heterocycles. The van der Waals surface area contributed by atoms with E-state index in [0.29, 0.717) is 5.92 Å². The molecule has 2 fully saturated rings. The van der Waals surface area contributed by atoms with E-state index in [4.69, 9.17) is 0 Å². The van der Waals surface area contributed by atoms with Gasteiger partial charge in [0.15, 0.2) is 11.6 Å². The van der Waals surface area contributed by atoms with E-state index in [9.17, 15) is 8.78 Å². The lowest BCUT2D eigenvalue weighted by Gasteiger charge is -2.31. The number of halogens is 2. The van der Waals surface area contributed by atoms with Crippen LogP contribution in [0.15, 0.2) is 18.2 Å². The van der Waals surface area contributed by atoms with Crippen molar-refractivity contribution in [3.63, 3.8) is 0 Å². The molecule has 0 N–H and O–H groups in total. The Kier molecular flexibility index (Phi) is 5.71. The van der Waals surface area contributed by atoms with Crippen molar-refractivity contribution in [2.45, 2.75) is 77.0 Å². The van der Waals surface area contributed by atoms with Gasteiger partial charge in [0.05, 0.1) is 0 Å². The maximum absolute atomic E-state index is 13.4. The van der Waals surface area contributed by atoms with Crippen LogP contribution in [0.25, 0.3) is 0 Å². The average Bonchev–Trinajstić information content (AvgIpc) is 2.57. The van der Waals surface area contributed by atoms with Crippen LogP contribution in [0.4, 0.5) is 8.78 Å². The maximum atomic E-state index is 13.4. The summed E-state index contributed by atoms with van der Waals surface area (Å²) in [4.78, 5) is 0. The van der Waals surface area contributed by atoms with Crippen LogP contribution >= 0.6 is 0 Å². The third-order valence-corrected chi connectivity index (χ3v) is 6.38. The quantitative estimate of drug-likeness (QED) is 0.543. The molecule has 132 valence electrons. The first-order valence-electron chi connectivity index (χ1n) is 9.56. The molecule has 0 radical (unpaired) electrons.